The summed E-state index contributed by atoms with van der Waals surface area (Å²) in [5.41, 5.74) is 3.15. The second-order valence-corrected chi connectivity index (χ2v) is 5.03. The summed E-state index contributed by atoms with van der Waals surface area (Å²) in [6, 6.07) is 4.57. The first-order valence-electron chi connectivity index (χ1n) is 5.61. The number of pyridine rings is 1. The van der Waals surface area contributed by atoms with Crippen LogP contribution in [0.25, 0.3) is 0 Å². The van der Waals surface area contributed by atoms with Crippen LogP contribution in [0.2, 0.25) is 0 Å². The molecule has 0 fully saturated rings. The molecule has 1 atom stereocenters. The highest BCUT2D eigenvalue weighted by Gasteiger charge is 2.16. The van der Waals surface area contributed by atoms with Crippen LogP contribution in [0.1, 0.15) is 24.7 Å². The summed E-state index contributed by atoms with van der Waals surface area (Å²) in [5.74, 6) is 1.09. The van der Waals surface area contributed by atoms with Gasteiger partial charge in [0, 0.05) is 11.4 Å². The molecule has 1 unspecified atom stereocenters. The fourth-order valence-corrected chi connectivity index (χ4v) is 2.69. The number of thioether (sulfide) groups is 1. The quantitative estimate of drug-likeness (QED) is 0.856. The zero-order valence-electron chi connectivity index (χ0n) is 9.95. The number of rotatable bonds is 2. The zero-order chi connectivity index (χ0) is 11.5. The Hall–Kier alpha value is -1.03. The summed E-state index contributed by atoms with van der Waals surface area (Å²) >= 11 is 1.79. The summed E-state index contributed by atoms with van der Waals surface area (Å²) in [4.78, 5) is 9.03. The molecule has 1 N–H and O–H groups in total. The van der Waals surface area contributed by atoms with E-state index in [2.05, 4.69) is 28.3 Å². The topological polar surface area (TPSA) is 37.3 Å². The van der Waals surface area contributed by atoms with E-state index in [4.69, 9.17) is 0 Å². The molecular weight excluding hydrogens is 218 g/mol. The molecule has 3 nitrogen and oxygen atoms in total. The highest BCUT2D eigenvalue weighted by molar-refractivity contribution is 8.14. The second-order valence-electron chi connectivity index (χ2n) is 4.02. The lowest BCUT2D eigenvalue weighted by atomic mass is 10.3. The average molecular weight is 235 g/mol. The Bertz CT molecular complexity index is 415. The summed E-state index contributed by atoms with van der Waals surface area (Å²) in [7, 11) is 0. The number of hydrogen-bond donors (Lipinski definition) is 1. The van der Waals surface area contributed by atoms with Crippen molar-refractivity contribution in [2.75, 3.05) is 11.1 Å². The fraction of sp³-hybridized carbons (Fsp3) is 0.500. The molecule has 0 amide bonds. The van der Waals surface area contributed by atoms with E-state index in [1.165, 1.54) is 0 Å². The van der Waals surface area contributed by atoms with Gasteiger partial charge in [-0.1, -0.05) is 18.7 Å². The van der Waals surface area contributed by atoms with Gasteiger partial charge >= 0.3 is 0 Å². The van der Waals surface area contributed by atoms with E-state index in [0.717, 1.165) is 34.4 Å². The van der Waals surface area contributed by atoms with Gasteiger partial charge in [-0.2, -0.15) is 0 Å². The van der Waals surface area contributed by atoms with Crippen molar-refractivity contribution in [3.63, 3.8) is 0 Å². The smallest absolute Gasteiger partial charge is 0.161 e. The van der Waals surface area contributed by atoms with Gasteiger partial charge < -0.3 is 5.32 Å². The lowest BCUT2D eigenvalue weighted by Crippen LogP contribution is -2.07. The first-order valence-corrected chi connectivity index (χ1v) is 6.59. The van der Waals surface area contributed by atoms with Crippen molar-refractivity contribution in [2.24, 2.45) is 4.99 Å². The Balaban J connectivity index is 2.10. The van der Waals surface area contributed by atoms with Crippen molar-refractivity contribution in [3.8, 4) is 0 Å². The van der Waals surface area contributed by atoms with Crippen LogP contribution in [0.15, 0.2) is 17.1 Å². The molecule has 1 aliphatic rings. The number of anilines is 1. The molecular formula is C12H17N3S. The number of aryl methyl sites for hydroxylation is 2. The number of hydrogen-bond acceptors (Lipinski definition) is 4. The van der Waals surface area contributed by atoms with Gasteiger partial charge in [-0.05, 0) is 32.4 Å². The maximum absolute atomic E-state index is 4.61. The minimum Gasteiger partial charge on any atom is -0.333 e. The molecule has 1 aromatic heterocycles. The molecule has 0 aromatic carbocycles. The number of aliphatic imine (C=N–C) groups is 1. The molecule has 1 aromatic rings. The first kappa shape index (κ1) is 11.5. The van der Waals surface area contributed by atoms with Crippen LogP contribution < -0.4 is 5.32 Å². The Labute approximate surface area is 101 Å². The molecule has 2 rings (SSSR count). The number of aromatic nitrogens is 1. The maximum atomic E-state index is 4.61. The Morgan fingerprint density at radius 1 is 1.44 bits per heavy atom. The van der Waals surface area contributed by atoms with Gasteiger partial charge in [-0.15, -0.1) is 0 Å². The highest BCUT2D eigenvalue weighted by atomic mass is 32.2. The van der Waals surface area contributed by atoms with Crippen molar-refractivity contribution >= 4 is 22.6 Å². The summed E-state index contributed by atoms with van der Waals surface area (Å²) in [6.45, 7) is 6.20. The molecule has 4 heteroatoms. The zero-order valence-corrected chi connectivity index (χ0v) is 10.8. The van der Waals surface area contributed by atoms with E-state index in [0.29, 0.717) is 6.04 Å². The summed E-state index contributed by atoms with van der Waals surface area (Å²) in [6.07, 6.45) is 1.11. The van der Waals surface area contributed by atoms with Gasteiger partial charge in [0.25, 0.3) is 0 Å². The summed E-state index contributed by atoms with van der Waals surface area (Å²) < 4.78 is 0. The molecule has 0 bridgehead atoms. The Morgan fingerprint density at radius 2 is 2.25 bits per heavy atom. The second kappa shape index (κ2) is 4.87. The third-order valence-corrected chi connectivity index (χ3v) is 3.68. The predicted molar refractivity (Wildman–Crippen MR) is 71.3 cm³/mol. The van der Waals surface area contributed by atoms with Crippen LogP contribution in [0.5, 0.6) is 0 Å². The van der Waals surface area contributed by atoms with E-state index < -0.39 is 0 Å². The van der Waals surface area contributed by atoms with Crippen molar-refractivity contribution in [3.05, 3.63) is 23.5 Å². The van der Waals surface area contributed by atoms with Crippen molar-refractivity contribution < 1.29 is 0 Å². The normalized spacial score (nSPS) is 19.7. The van der Waals surface area contributed by atoms with Crippen LogP contribution in [-0.4, -0.2) is 21.9 Å². The van der Waals surface area contributed by atoms with Crippen molar-refractivity contribution in [2.45, 2.75) is 33.2 Å². The fourth-order valence-electron chi connectivity index (χ4n) is 1.63. The maximum Gasteiger partial charge on any atom is 0.161 e. The third-order valence-electron chi connectivity index (χ3n) is 2.65. The van der Waals surface area contributed by atoms with E-state index in [1.54, 1.807) is 11.8 Å². The largest absolute Gasteiger partial charge is 0.333 e. The standard InChI is InChI=1S/C12H17N3S/c1-4-10-7-16-12(14-10)15-11-6-5-8(2)13-9(11)3/h5-6,10H,4,7H2,1-3H3,(H,14,15). The highest BCUT2D eigenvalue weighted by Crippen LogP contribution is 2.22. The van der Waals surface area contributed by atoms with E-state index in [1.807, 2.05) is 19.9 Å². The predicted octanol–water partition coefficient (Wildman–Crippen LogP) is 2.99. The molecule has 1 aliphatic heterocycles. The molecule has 0 saturated carbocycles. The minimum atomic E-state index is 0.478. The van der Waals surface area contributed by atoms with E-state index in [-0.39, 0.29) is 0 Å². The number of amidine groups is 1. The van der Waals surface area contributed by atoms with Crippen LogP contribution in [-0.2, 0) is 0 Å². The van der Waals surface area contributed by atoms with Crippen LogP contribution in [0.3, 0.4) is 0 Å². The Morgan fingerprint density at radius 3 is 2.88 bits per heavy atom. The average Bonchev–Trinajstić information content (AvgIpc) is 2.70. The molecule has 0 aliphatic carbocycles. The van der Waals surface area contributed by atoms with E-state index >= 15 is 0 Å². The molecule has 16 heavy (non-hydrogen) atoms. The molecule has 86 valence electrons. The monoisotopic (exact) mass is 235 g/mol. The van der Waals surface area contributed by atoms with Crippen molar-refractivity contribution in [1.82, 2.24) is 4.98 Å². The first-order chi connectivity index (χ1) is 7.69. The minimum absolute atomic E-state index is 0.478. The number of nitrogens with one attached hydrogen (secondary N) is 1. The van der Waals surface area contributed by atoms with Gasteiger partial charge in [0.15, 0.2) is 5.17 Å². The molecule has 0 spiro atoms. The van der Waals surface area contributed by atoms with Crippen molar-refractivity contribution in [1.29, 1.82) is 0 Å². The van der Waals surface area contributed by atoms with Gasteiger partial charge in [-0.25, -0.2) is 0 Å². The Kier molecular flexibility index (Phi) is 3.49. The van der Waals surface area contributed by atoms with Gasteiger partial charge in [-0.3, -0.25) is 9.98 Å². The number of nitrogens with zero attached hydrogens (tertiary/aromatic N) is 2. The summed E-state index contributed by atoms with van der Waals surface area (Å²) in [5, 5.41) is 4.38. The van der Waals surface area contributed by atoms with Gasteiger partial charge in [0.05, 0.1) is 17.4 Å². The third kappa shape index (κ3) is 2.55. The SMILES string of the molecule is CCC1CSC(Nc2ccc(C)nc2C)=N1. The van der Waals surface area contributed by atoms with Gasteiger partial charge in [0.2, 0.25) is 0 Å². The van der Waals surface area contributed by atoms with Crippen LogP contribution in [0, 0.1) is 13.8 Å². The molecule has 0 radical (unpaired) electrons. The van der Waals surface area contributed by atoms with E-state index in [9.17, 15) is 0 Å². The molecule has 2 heterocycles. The van der Waals surface area contributed by atoms with Crippen LogP contribution in [0.4, 0.5) is 5.69 Å². The van der Waals surface area contributed by atoms with Gasteiger partial charge in [0.1, 0.15) is 0 Å². The van der Waals surface area contributed by atoms with Crippen LogP contribution >= 0.6 is 11.8 Å². The molecule has 0 saturated heterocycles. The lowest BCUT2D eigenvalue weighted by molar-refractivity contribution is 0.738. The lowest BCUT2D eigenvalue weighted by Gasteiger charge is -2.08.